The lowest BCUT2D eigenvalue weighted by molar-refractivity contribution is 0.686. The van der Waals surface area contributed by atoms with E-state index in [0.717, 1.165) is 12.8 Å². The normalized spacial score (nSPS) is 9.17. The van der Waals surface area contributed by atoms with Crippen molar-refractivity contribution in [2.75, 3.05) is 4.43 Å². The number of rotatable bonds is 6. The molecule has 0 unspecified atom stereocenters. The first-order valence-electron chi connectivity index (χ1n) is 4.93. The SMILES string of the molecule is CCCC#CCCCCCCI. The monoisotopic (exact) mass is 278 g/mol. The standard InChI is InChI=1S/C11H19I/c1-2-3-4-5-6-7-8-9-10-11-12/h2-3,6-11H2,1H3. The van der Waals surface area contributed by atoms with Gasteiger partial charge in [-0.05, 0) is 23.7 Å². The van der Waals surface area contributed by atoms with Crippen molar-refractivity contribution in [3.63, 3.8) is 0 Å². The largest absolute Gasteiger partial charge is 0.103 e. The summed E-state index contributed by atoms with van der Waals surface area (Å²) in [4.78, 5) is 0. The minimum atomic E-state index is 1.08. The zero-order valence-corrected chi connectivity index (χ0v) is 10.2. The van der Waals surface area contributed by atoms with Gasteiger partial charge in [0.2, 0.25) is 0 Å². The summed E-state index contributed by atoms with van der Waals surface area (Å²) in [5.41, 5.74) is 0. The molecule has 0 atom stereocenters. The maximum Gasteiger partial charge on any atom is 0.00886 e. The Hall–Kier alpha value is 0.290. The zero-order valence-electron chi connectivity index (χ0n) is 8.03. The van der Waals surface area contributed by atoms with Crippen LogP contribution in [-0.4, -0.2) is 4.43 Å². The molecular formula is C11H19I. The van der Waals surface area contributed by atoms with Crippen LogP contribution in [-0.2, 0) is 0 Å². The fraction of sp³-hybridized carbons (Fsp3) is 0.818. The van der Waals surface area contributed by atoms with Gasteiger partial charge in [-0.25, -0.2) is 0 Å². The van der Waals surface area contributed by atoms with Crippen LogP contribution in [0.15, 0.2) is 0 Å². The molecule has 0 aliphatic rings. The third-order valence-corrected chi connectivity index (χ3v) is 2.45. The molecule has 1 heteroatoms. The molecule has 0 nitrogen and oxygen atoms in total. The molecule has 0 aliphatic carbocycles. The van der Waals surface area contributed by atoms with Crippen molar-refractivity contribution >= 4 is 22.6 Å². The van der Waals surface area contributed by atoms with Gasteiger partial charge in [-0.2, -0.15) is 0 Å². The van der Waals surface area contributed by atoms with Gasteiger partial charge in [-0.15, -0.1) is 11.8 Å². The van der Waals surface area contributed by atoms with Gasteiger partial charge >= 0.3 is 0 Å². The molecule has 0 aromatic rings. The first-order chi connectivity index (χ1) is 5.91. The minimum absolute atomic E-state index is 1.08. The van der Waals surface area contributed by atoms with Gasteiger partial charge in [0.15, 0.2) is 0 Å². The number of hydrogen-bond acceptors (Lipinski definition) is 0. The Labute approximate surface area is 90.6 Å². The molecule has 0 aliphatic heterocycles. The van der Waals surface area contributed by atoms with E-state index in [-0.39, 0.29) is 0 Å². The van der Waals surface area contributed by atoms with Crippen molar-refractivity contribution < 1.29 is 0 Å². The predicted octanol–water partition coefficient (Wildman–Crippen LogP) is 4.18. The average molecular weight is 278 g/mol. The number of alkyl halides is 1. The van der Waals surface area contributed by atoms with Gasteiger partial charge in [0.05, 0.1) is 0 Å². The predicted molar refractivity (Wildman–Crippen MR) is 64.7 cm³/mol. The molecule has 70 valence electrons. The summed E-state index contributed by atoms with van der Waals surface area (Å²) in [5, 5.41) is 0. The number of hydrogen-bond donors (Lipinski definition) is 0. The summed E-state index contributed by atoms with van der Waals surface area (Å²) in [7, 11) is 0. The summed E-state index contributed by atoms with van der Waals surface area (Å²) in [5.74, 6) is 6.39. The second-order valence-corrected chi connectivity index (χ2v) is 4.04. The molecule has 0 saturated carbocycles. The lowest BCUT2D eigenvalue weighted by Crippen LogP contribution is -1.77. The Balaban J connectivity index is 2.96. The van der Waals surface area contributed by atoms with Crippen molar-refractivity contribution in [1.82, 2.24) is 0 Å². The van der Waals surface area contributed by atoms with Crippen molar-refractivity contribution in [2.45, 2.75) is 51.9 Å². The highest BCUT2D eigenvalue weighted by molar-refractivity contribution is 14.1. The summed E-state index contributed by atoms with van der Waals surface area (Å²) in [6, 6.07) is 0. The summed E-state index contributed by atoms with van der Waals surface area (Å²) in [6.45, 7) is 2.18. The van der Waals surface area contributed by atoms with Crippen LogP contribution in [0, 0.1) is 11.8 Å². The lowest BCUT2D eigenvalue weighted by Gasteiger charge is -1.93. The second-order valence-electron chi connectivity index (χ2n) is 2.96. The van der Waals surface area contributed by atoms with Gasteiger partial charge in [0.1, 0.15) is 0 Å². The Kier molecular flexibility index (Phi) is 11.6. The van der Waals surface area contributed by atoms with Gasteiger partial charge in [0, 0.05) is 12.8 Å². The summed E-state index contributed by atoms with van der Waals surface area (Å²) < 4.78 is 1.30. The third kappa shape index (κ3) is 10.3. The fourth-order valence-corrected chi connectivity index (χ4v) is 1.50. The fourth-order valence-electron chi connectivity index (χ4n) is 0.963. The average Bonchev–Trinajstić information content (AvgIpc) is 2.10. The number of halogens is 1. The van der Waals surface area contributed by atoms with Crippen molar-refractivity contribution in [3.05, 3.63) is 0 Å². The van der Waals surface area contributed by atoms with E-state index < -0.39 is 0 Å². The molecule has 0 bridgehead atoms. The maximum atomic E-state index is 3.21. The molecule has 0 rings (SSSR count). The molecular weight excluding hydrogens is 259 g/mol. The lowest BCUT2D eigenvalue weighted by atomic mass is 10.1. The topological polar surface area (TPSA) is 0 Å². The van der Waals surface area contributed by atoms with E-state index in [4.69, 9.17) is 0 Å². The molecule has 0 aromatic carbocycles. The van der Waals surface area contributed by atoms with Crippen LogP contribution in [0.1, 0.15) is 51.9 Å². The van der Waals surface area contributed by atoms with Gasteiger partial charge in [-0.3, -0.25) is 0 Å². The highest BCUT2D eigenvalue weighted by Gasteiger charge is 1.86. The first kappa shape index (κ1) is 12.3. The molecule has 0 amide bonds. The van der Waals surface area contributed by atoms with Crippen LogP contribution in [0.2, 0.25) is 0 Å². The molecule has 0 radical (unpaired) electrons. The van der Waals surface area contributed by atoms with E-state index in [1.807, 2.05) is 0 Å². The molecule has 0 fully saturated rings. The van der Waals surface area contributed by atoms with Gasteiger partial charge in [-0.1, -0.05) is 42.4 Å². The first-order valence-corrected chi connectivity index (χ1v) is 6.46. The third-order valence-electron chi connectivity index (χ3n) is 1.69. The Morgan fingerprint density at radius 1 is 0.917 bits per heavy atom. The van der Waals surface area contributed by atoms with E-state index in [0.29, 0.717) is 0 Å². The van der Waals surface area contributed by atoms with E-state index in [9.17, 15) is 0 Å². The molecule has 0 heterocycles. The molecule has 0 aromatic heterocycles. The van der Waals surface area contributed by atoms with Gasteiger partial charge in [0.25, 0.3) is 0 Å². The minimum Gasteiger partial charge on any atom is -0.103 e. The van der Waals surface area contributed by atoms with E-state index in [1.54, 1.807) is 0 Å². The van der Waals surface area contributed by atoms with Crippen LogP contribution in [0.3, 0.4) is 0 Å². The molecule has 0 N–H and O–H groups in total. The Morgan fingerprint density at radius 2 is 1.58 bits per heavy atom. The number of unbranched alkanes of at least 4 members (excludes halogenated alkanes) is 5. The quantitative estimate of drug-likeness (QED) is 0.296. The summed E-state index contributed by atoms with van der Waals surface area (Å²) in [6.07, 6.45) is 8.81. The zero-order chi connectivity index (χ0) is 9.07. The van der Waals surface area contributed by atoms with Crippen LogP contribution >= 0.6 is 22.6 Å². The van der Waals surface area contributed by atoms with Crippen molar-refractivity contribution in [1.29, 1.82) is 0 Å². The molecule has 12 heavy (non-hydrogen) atoms. The highest BCUT2D eigenvalue weighted by Crippen LogP contribution is 2.03. The van der Waals surface area contributed by atoms with E-state index in [1.165, 1.54) is 36.5 Å². The highest BCUT2D eigenvalue weighted by atomic mass is 127. The van der Waals surface area contributed by atoms with Crippen molar-refractivity contribution in [3.8, 4) is 11.8 Å². The molecule has 0 saturated heterocycles. The summed E-state index contributed by atoms with van der Waals surface area (Å²) >= 11 is 2.44. The second kappa shape index (κ2) is 11.3. The van der Waals surface area contributed by atoms with Crippen LogP contribution in [0.25, 0.3) is 0 Å². The van der Waals surface area contributed by atoms with Crippen molar-refractivity contribution in [2.24, 2.45) is 0 Å². The Bertz CT molecular complexity index is 130. The van der Waals surface area contributed by atoms with E-state index >= 15 is 0 Å². The van der Waals surface area contributed by atoms with Crippen LogP contribution < -0.4 is 0 Å². The van der Waals surface area contributed by atoms with E-state index in [2.05, 4.69) is 41.4 Å². The smallest absolute Gasteiger partial charge is 0.00886 e. The van der Waals surface area contributed by atoms with Gasteiger partial charge < -0.3 is 0 Å². The van der Waals surface area contributed by atoms with Crippen LogP contribution in [0.5, 0.6) is 0 Å². The maximum absolute atomic E-state index is 3.21. The molecule has 0 spiro atoms. The Morgan fingerprint density at radius 3 is 2.25 bits per heavy atom. The van der Waals surface area contributed by atoms with Crippen LogP contribution in [0.4, 0.5) is 0 Å².